The number of para-hydroxylation sites is 1. The van der Waals surface area contributed by atoms with Gasteiger partial charge in [-0.25, -0.2) is 14.4 Å². The molecule has 1 amide bonds. The lowest BCUT2D eigenvalue weighted by Crippen LogP contribution is -2.28. The highest BCUT2D eigenvalue weighted by Gasteiger charge is 2.14. The first-order valence-electron chi connectivity index (χ1n) is 8.90. The molecule has 2 aromatic heterocycles. The molecule has 0 aliphatic rings. The molecule has 2 heterocycles. The van der Waals surface area contributed by atoms with Gasteiger partial charge in [-0.15, -0.1) is 11.3 Å². The average Bonchev–Trinajstić information content (AvgIpc) is 3.05. The van der Waals surface area contributed by atoms with Crippen molar-refractivity contribution in [2.45, 2.75) is 20.4 Å². The number of hydrogen-bond donors (Lipinski definition) is 1. The van der Waals surface area contributed by atoms with E-state index in [2.05, 4.69) is 15.3 Å². The molecule has 0 bridgehead atoms. The van der Waals surface area contributed by atoms with Crippen molar-refractivity contribution in [2.75, 3.05) is 5.32 Å². The largest absolute Gasteiger partial charge is 0.300 e. The highest BCUT2D eigenvalue weighted by Crippen LogP contribution is 2.30. The van der Waals surface area contributed by atoms with Gasteiger partial charge in [0.15, 0.2) is 5.13 Å². The van der Waals surface area contributed by atoms with Crippen LogP contribution in [0.1, 0.15) is 10.4 Å². The number of amides is 1. The molecule has 0 aliphatic heterocycles. The Morgan fingerprint density at radius 1 is 1.17 bits per heavy atom. The van der Waals surface area contributed by atoms with Crippen molar-refractivity contribution in [3.8, 4) is 11.3 Å². The molecule has 146 valence electrons. The Kier molecular flexibility index (Phi) is 4.94. The molecule has 0 radical (unpaired) electrons. The van der Waals surface area contributed by atoms with Crippen LogP contribution in [-0.4, -0.2) is 20.4 Å². The fourth-order valence-electron chi connectivity index (χ4n) is 3.09. The fraction of sp³-hybridized carbons (Fsp3) is 0.143. The molecule has 0 saturated heterocycles. The monoisotopic (exact) mass is 408 g/mol. The van der Waals surface area contributed by atoms with Gasteiger partial charge in [0.25, 0.3) is 5.56 Å². The number of aryl methyl sites for hydroxylation is 2. The second-order valence-electron chi connectivity index (χ2n) is 6.63. The van der Waals surface area contributed by atoms with E-state index in [1.807, 2.05) is 19.9 Å². The minimum absolute atomic E-state index is 0.166. The number of carbonyl (C=O) groups is 1. The Morgan fingerprint density at radius 2 is 1.93 bits per heavy atom. The van der Waals surface area contributed by atoms with Crippen molar-refractivity contribution >= 4 is 33.3 Å². The third-order valence-electron chi connectivity index (χ3n) is 4.53. The second-order valence-corrected chi connectivity index (χ2v) is 7.83. The van der Waals surface area contributed by atoms with Crippen LogP contribution in [0.5, 0.6) is 0 Å². The SMILES string of the molecule is Cc1sc(NC(=O)Cn2cnc3c(C)cccc3c2=O)nc1-c1ccc(F)cc1. The van der Waals surface area contributed by atoms with Crippen molar-refractivity contribution in [1.29, 1.82) is 0 Å². The fourth-order valence-corrected chi connectivity index (χ4v) is 3.94. The van der Waals surface area contributed by atoms with Gasteiger partial charge in [0.05, 0.1) is 22.9 Å². The van der Waals surface area contributed by atoms with E-state index < -0.39 is 0 Å². The maximum absolute atomic E-state index is 13.1. The zero-order valence-corrected chi connectivity index (χ0v) is 16.6. The molecule has 1 N–H and O–H groups in total. The van der Waals surface area contributed by atoms with Crippen LogP contribution >= 0.6 is 11.3 Å². The van der Waals surface area contributed by atoms with Crippen molar-refractivity contribution in [1.82, 2.24) is 14.5 Å². The minimum atomic E-state index is -0.375. The van der Waals surface area contributed by atoms with Crippen molar-refractivity contribution in [2.24, 2.45) is 0 Å². The van der Waals surface area contributed by atoms with Crippen LogP contribution in [0.15, 0.2) is 53.6 Å². The third-order valence-corrected chi connectivity index (χ3v) is 5.42. The van der Waals surface area contributed by atoms with Gasteiger partial charge in [0.2, 0.25) is 5.91 Å². The third kappa shape index (κ3) is 3.79. The molecule has 2 aromatic carbocycles. The van der Waals surface area contributed by atoms with Crippen LogP contribution in [0, 0.1) is 19.7 Å². The van der Waals surface area contributed by atoms with E-state index in [1.54, 1.807) is 24.3 Å². The first-order valence-corrected chi connectivity index (χ1v) is 9.72. The molecule has 0 spiro atoms. The summed E-state index contributed by atoms with van der Waals surface area (Å²) in [4.78, 5) is 34.7. The predicted molar refractivity (Wildman–Crippen MR) is 112 cm³/mol. The molecular formula is C21H17FN4O2S. The topological polar surface area (TPSA) is 76.9 Å². The van der Waals surface area contributed by atoms with Gasteiger partial charge in [0, 0.05) is 10.4 Å². The van der Waals surface area contributed by atoms with E-state index in [1.165, 1.54) is 34.4 Å². The number of carbonyl (C=O) groups excluding carboxylic acids is 1. The van der Waals surface area contributed by atoms with E-state index in [-0.39, 0.29) is 23.8 Å². The Hall–Kier alpha value is -3.39. The summed E-state index contributed by atoms with van der Waals surface area (Å²) in [6, 6.07) is 11.4. The lowest BCUT2D eigenvalue weighted by Gasteiger charge is -2.07. The minimum Gasteiger partial charge on any atom is -0.300 e. The lowest BCUT2D eigenvalue weighted by atomic mass is 10.1. The zero-order valence-electron chi connectivity index (χ0n) is 15.8. The quantitative estimate of drug-likeness (QED) is 0.555. The molecule has 29 heavy (non-hydrogen) atoms. The van der Waals surface area contributed by atoms with E-state index in [4.69, 9.17) is 0 Å². The normalized spacial score (nSPS) is 11.0. The van der Waals surface area contributed by atoms with Crippen molar-refractivity contribution < 1.29 is 9.18 Å². The number of nitrogens with one attached hydrogen (secondary N) is 1. The molecule has 0 saturated carbocycles. The smallest absolute Gasteiger partial charge is 0.261 e. The highest BCUT2D eigenvalue weighted by molar-refractivity contribution is 7.16. The average molecular weight is 408 g/mol. The van der Waals surface area contributed by atoms with Gasteiger partial charge in [0.1, 0.15) is 12.4 Å². The second kappa shape index (κ2) is 7.56. The van der Waals surface area contributed by atoms with Gasteiger partial charge >= 0.3 is 0 Å². The van der Waals surface area contributed by atoms with Crippen LogP contribution in [-0.2, 0) is 11.3 Å². The Balaban J connectivity index is 1.54. The molecule has 0 aliphatic carbocycles. The molecular weight excluding hydrogens is 391 g/mol. The summed E-state index contributed by atoms with van der Waals surface area (Å²) in [5.41, 5.74) is 2.73. The van der Waals surface area contributed by atoms with Crippen molar-refractivity contribution in [3.63, 3.8) is 0 Å². The molecule has 0 atom stereocenters. The maximum atomic E-state index is 13.1. The predicted octanol–water partition coefficient (Wildman–Crippen LogP) is 3.91. The summed E-state index contributed by atoms with van der Waals surface area (Å²) >= 11 is 1.32. The number of aromatic nitrogens is 3. The Morgan fingerprint density at radius 3 is 2.69 bits per heavy atom. The highest BCUT2D eigenvalue weighted by atomic mass is 32.1. The Labute approximate surface area is 169 Å². The summed E-state index contributed by atoms with van der Waals surface area (Å²) in [7, 11) is 0. The number of fused-ring (bicyclic) bond motifs is 1. The number of rotatable bonds is 4. The van der Waals surface area contributed by atoms with Gasteiger partial charge in [-0.2, -0.15) is 0 Å². The number of halogens is 1. The van der Waals surface area contributed by atoms with Crippen LogP contribution in [0.25, 0.3) is 22.2 Å². The van der Waals surface area contributed by atoms with E-state index >= 15 is 0 Å². The molecule has 0 unspecified atom stereocenters. The van der Waals surface area contributed by atoms with E-state index in [9.17, 15) is 14.0 Å². The zero-order chi connectivity index (χ0) is 20.5. The number of hydrogen-bond acceptors (Lipinski definition) is 5. The number of nitrogens with zero attached hydrogens (tertiary/aromatic N) is 3. The Bertz CT molecular complexity index is 1280. The summed E-state index contributed by atoms with van der Waals surface area (Å²) in [5.74, 6) is -0.694. The summed E-state index contributed by atoms with van der Waals surface area (Å²) < 4.78 is 14.4. The van der Waals surface area contributed by atoms with Gasteiger partial charge in [-0.05, 0) is 49.7 Å². The number of benzene rings is 2. The maximum Gasteiger partial charge on any atom is 0.261 e. The summed E-state index contributed by atoms with van der Waals surface area (Å²) in [5, 5.41) is 3.62. The summed E-state index contributed by atoms with van der Waals surface area (Å²) in [6.45, 7) is 3.60. The van der Waals surface area contributed by atoms with Crippen LogP contribution in [0.4, 0.5) is 9.52 Å². The number of thiazole rings is 1. The van der Waals surface area contributed by atoms with Crippen LogP contribution < -0.4 is 10.9 Å². The standard InChI is InChI=1S/C21H17FN4O2S/c1-12-4-3-5-16-18(12)23-11-26(20(16)28)10-17(27)24-21-25-19(13(2)29-21)14-6-8-15(22)9-7-14/h3-9,11H,10H2,1-2H3,(H,24,25,27). The van der Waals surface area contributed by atoms with Gasteiger partial charge in [-0.3, -0.25) is 14.2 Å². The summed E-state index contributed by atoms with van der Waals surface area (Å²) in [6.07, 6.45) is 1.38. The van der Waals surface area contributed by atoms with Gasteiger partial charge in [-0.1, -0.05) is 12.1 Å². The first-order chi connectivity index (χ1) is 13.9. The lowest BCUT2D eigenvalue weighted by molar-refractivity contribution is -0.116. The molecule has 4 aromatic rings. The first kappa shape index (κ1) is 18.9. The molecule has 6 nitrogen and oxygen atoms in total. The van der Waals surface area contributed by atoms with Crippen LogP contribution in [0.3, 0.4) is 0 Å². The number of anilines is 1. The molecule has 0 fully saturated rings. The van der Waals surface area contributed by atoms with Gasteiger partial charge < -0.3 is 5.32 Å². The molecule has 8 heteroatoms. The van der Waals surface area contributed by atoms with Crippen molar-refractivity contribution in [3.05, 3.63) is 75.4 Å². The molecule has 4 rings (SSSR count). The van der Waals surface area contributed by atoms with Crippen LogP contribution in [0.2, 0.25) is 0 Å². The van der Waals surface area contributed by atoms with E-state index in [0.29, 0.717) is 21.7 Å². The van der Waals surface area contributed by atoms with E-state index in [0.717, 1.165) is 16.0 Å².